The van der Waals surface area contributed by atoms with Gasteiger partial charge in [0.1, 0.15) is 23.1 Å². The molecular weight excluding hydrogens is 308 g/mol. The molecule has 1 N–H and O–H groups in total. The molecule has 0 amide bonds. The van der Waals surface area contributed by atoms with Crippen molar-refractivity contribution in [1.29, 1.82) is 0 Å². The summed E-state index contributed by atoms with van der Waals surface area (Å²) in [4.78, 5) is 24.6. The molecule has 0 aliphatic carbocycles. The summed E-state index contributed by atoms with van der Waals surface area (Å²) in [6.07, 6.45) is 1.13. The Morgan fingerprint density at radius 3 is 2.67 bits per heavy atom. The second-order valence-electron chi connectivity index (χ2n) is 3.87. The second kappa shape index (κ2) is 5.80. The third-order valence-electron chi connectivity index (χ3n) is 2.50. The summed E-state index contributed by atoms with van der Waals surface area (Å²) >= 11 is 5.48. The highest BCUT2D eigenvalue weighted by atomic mass is 35.5. The van der Waals surface area contributed by atoms with E-state index < -0.39 is 27.3 Å². The van der Waals surface area contributed by atoms with Crippen LogP contribution in [-0.2, 0) is 0 Å². The zero-order valence-electron chi connectivity index (χ0n) is 10.1. The van der Waals surface area contributed by atoms with Crippen molar-refractivity contribution in [2.75, 3.05) is 5.32 Å². The lowest BCUT2D eigenvalue weighted by molar-refractivity contribution is -0.383. The molecule has 0 unspecified atom stereocenters. The van der Waals surface area contributed by atoms with Crippen LogP contribution in [-0.4, -0.2) is 16.2 Å². The highest BCUT2D eigenvalue weighted by Crippen LogP contribution is 2.32. The molecule has 0 atom stereocenters. The Balaban J connectivity index is 2.51. The van der Waals surface area contributed by atoms with Crippen LogP contribution in [0.5, 0.6) is 0 Å². The van der Waals surface area contributed by atoms with Crippen molar-refractivity contribution in [3.63, 3.8) is 0 Å². The topological polar surface area (TPSA) is 85.1 Å². The molecule has 2 rings (SSSR count). The van der Waals surface area contributed by atoms with Crippen molar-refractivity contribution in [2.24, 2.45) is 0 Å². The molecule has 0 spiro atoms. The first kappa shape index (κ1) is 14.8. The fourth-order valence-electron chi connectivity index (χ4n) is 1.56. The molecule has 6 nitrogen and oxygen atoms in total. The number of halogens is 3. The van der Waals surface area contributed by atoms with E-state index in [4.69, 9.17) is 11.6 Å². The smallest absolute Gasteiger partial charge is 0.294 e. The summed E-state index contributed by atoms with van der Waals surface area (Å²) in [5.41, 5.74) is -0.937. The minimum atomic E-state index is -0.889. The lowest BCUT2D eigenvalue weighted by Gasteiger charge is -2.09. The van der Waals surface area contributed by atoms with E-state index in [1.807, 2.05) is 0 Å². The van der Waals surface area contributed by atoms with Gasteiger partial charge in [-0.15, -0.1) is 0 Å². The van der Waals surface area contributed by atoms with Gasteiger partial charge in [-0.1, -0.05) is 11.6 Å². The van der Waals surface area contributed by atoms with Crippen molar-refractivity contribution < 1.29 is 18.5 Å². The molecule has 1 aromatic heterocycles. The Morgan fingerprint density at radius 2 is 2.05 bits per heavy atom. The number of hydrogen-bond acceptors (Lipinski definition) is 5. The van der Waals surface area contributed by atoms with E-state index in [-0.39, 0.29) is 17.1 Å². The first-order chi connectivity index (χ1) is 9.92. The average molecular weight is 314 g/mol. The minimum absolute atomic E-state index is 0.142. The van der Waals surface area contributed by atoms with Crippen molar-refractivity contribution in [3.05, 3.63) is 56.7 Å². The van der Waals surface area contributed by atoms with Crippen molar-refractivity contribution >= 4 is 35.1 Å². The fraction of sp³-hybridized carbons (Fsp3) is 0. The van der Waals surface area contributed by atoms with Gasteiger partial charge in [0.2, 0.25) is 0 Å². The van der Waals surface area contributed by atoms with Crippen molar-refractivity contribution in [2.45, 2.75) is 0 Å². The van der Waals surface area contributed by atoms with Gasteiger partial charge in [-0.05, 0) is 6.07 Å². The van der Waals surface area contributed by atoms with Gasteiger partial charge in [-0.3, -0.25) is 14.9 Å². The van der Waals surface area contributed by atoms with Crippen molar-refractivity contribution in [1.82, 2.24) is 4.98 Å². The first-order valence-electron chi connectivity index (χ1n) is 5.43. The largest absolute Gasteiger partial charge is 0.334 e. The van der Waals surface area contributed by atoms with Crippen LogP contribution in [0.2, 0.25) is 5.02 Å². The monoisotopic (exact) mass is 313 g/mol. The van der Waals surface area contributed by atoms with E-state index in [1.165, 1.54) is 0 Å². The fourth-order valence-corrected chi connectivity index (χ4v) is 1.72. The predicted octanol–water partition coefficient (Wildman–Crippen LogP) is 3.48. The number of nitrogens with one attached hydrogen (secondary N) is 1. The predicted molar refractivity (Wildman–Crippen MR) is 70.9 cm³/mol. The Bertz CT molecular complexity index is 740. The number of carbonyl (C=O) groups is 1. The number of rotatable bonds is 4. The van der Waals surface area contributed by atoms with Gasteiger partial charge in [-0.25, -0.2) is 13.8 Å². The van der Waals surface area contributed by atoms with Gasteiger partial charge >= 0.3 is 0 Å². The SMILES string of the molecule is O=Cc1cc(F)cnc1Nc1cc(F)c(Cl)cc1[N+](=O)[O-]. The number of carbonyl (C=O) groups excluding carboxylic acids is 1. The van der Waals surface area contributed by atoms with E-state index in [0.29, 0.717) is 6.29 Å². The van der Waals surface area contributed by atoms with Gasteiger partial charge in [0.15, 0.2) is 6.29 Å². The number of pyridine rings is 1. The first-order valence-corrected chi connectivity index (χ1v) is 5.81. The number of nitrogens with zero attached hydrogens (tertiary/aromatic N) is 2. The quantitative estimate of drug-likeness (QED) is 0.530. The van der Waals surface area contributed by atoms with Crippen LogP contribution >= 0.6 is 11.6 Å². The zero-order valence-corrected chi connectivity index (χ0v) is 10.9. The average Bonchev–Trinajstić information content (AvgIpc) is 2.44. The Kier molecular flexibility index (Phi) is 4.08. The maximum atomic E-state index is 13.4. The minimum Gasteiger partial charge on any atom is -0.334 e. The summed E-state index contributed by atoms with van der Waals surface area (Å²) in [6, 6.07) is 2.50. The van der Waals surface area contributed by atoms with E-state index >= 15 is 0 Å². The molecule has 21 heavy (non-hydrogen) atoms. The van der Waals surface area contributed by atoms with Gasteiger partial charge in [-0.2, -0.15) is 0 Å². The number of anilines is 2. The van der Waals surface area contributed by atoms with Crippen LogP contribution in [0.4, 0.5) is 26.0 Å². The number of nitro benzene ring substituents is 1. The molecule has 0 saturated carbocycles. The normalized spacial score (nSPS) is 10.2. The maximum Gasteiger partial charge on any atom is 0.294 e. The Hall–Kier alpha value is -2.61. The van der Waals surface area contributed by atoms with Gasteiger partial charge < -0.3 is 5.32 Å². The molecule has 2 aromatic rings. The second-order valence-corrected chi connectivity index (χ2v) is 4.28. The van der Waals surface area contributed by atoms with Gasteiger partial charge in [0.25, 0.3) is 5.69 Å². The molecule has 9 heteroatoms. The van der Waals surface area contributed by atoms with E-state index in [1.54, 1.807) is 0 Å². The summed E-state index contributed by atoms with van der Waals surface area (Å²) in [7, 11) is 0. The third kappa shape index (κ3) is 3.11. The summed E-state index contributed by atoms with van der Waals surface area (Å²) in [6.45, 7) is 0. The van der Waals surface area contributed by atoms with E-state index in [9.17, 15) is 23.7 Å². The maximum absolute atomic E-state index is 13.4. The molecule has 108 valence electrons. The lowest BCUT2D eigenvalue weighted by Crippen LogP contribution is -2.03. The van der Waals surface area contributed by atoms with E-state index in [0.717, 1.165) is 24.4 Å². The number of nitro groups is 1. The summed E-state index contributed by atoms with van der Waals surface area (Å²) in [5, 5.41) is 12.9. The number of aldehydes is 1. The van der Waals surface area contributed by atoms with Crippen LogP contribution in [0.3, 0.4) is 0 Å². The highest BCUT2D eigenvalue weighted by molar-refractivity contribution is 6.31. The zero-order chi connectivity index (χ0) is 15.6. The molecule has 0 aliphatic rings. The highest BCUT2D eigenvalue weighted by Gasteiger charge is 2.19. The van der Waals surface area contributed by atoms with Gasteiger partial charge in [0.05, 0.1) is 21.7 Å². The van der Waals surface area contributed by atoms with Crippen LogP contribution in [0.25, 0.3) is 0 Å². The molecule has 0 saturated heterocycles. The Morgan fingerprint density at radius 1 is 1.33 bits per heavy atom. The van der Waals surface area contributed by atoms with Crippen LogP contribution in [0.15, 0.2) is 24.4 Å². The summed E-state index contributed by atoms with van der Waals surface area (Å²) in [5.74, 6) is -1.78. The van der Waals surface area contributed by atoms with Crippen molar-refractivity contribution in [3.8, 4) is 0 Å². The molecule has 0 aliphatic heterocycles. The van der Waals surface area contributed by atoms with Crippen LogP contribution in [0, 0.1) is 21.7 Å². The lowest BCUT2D eigenvalue weighted by atomic mass is 10.2. The number of benzene rings is 1. The third-order valence-corrected chi connectivity index (χ3v) is 2.79. The Labute approximate surface area is 121 Å². The van der Waals surface area contributed by atoms with Crippen LogP contribution in [0.1, 0.15) is 10.4 Å². The van der Waals surface area contributed by atoms with E-state index in [2.05, 4.69) is 10.3 Å². The number of aromatic nitrogens is 1. The van der Waals surface area contributed by atoms with Crippen LogP contribution < -0.4 is 5.32 Å². The summed E-state index contributed by atoms with van der Waals surface area (Å²) < 4.78 is 26.4. The molecule has 0 fully saturated rings. The molecule has 1 heterocycles. The molecule has 0 radical (unpaired) electrons. The standard InChI is InChI=1S/C12H6ClF2N3O3/c13-8-2-11(18(20)21)10(3-9(8)15)17-12-6(5-19)1-7(14)4-16-12/h1-5H,(H,16,17). The molecular formula is C12H6ClF2N3O3. The number of hydrogen-bond donors (Lipinski definition) is 1. The molecule has 0 bridgehead atoms. The molecule has 1 aromatic carbocycles. The van der Waals surface area contributed by atoms with Gasteiger partial charge in [0, 0.05) is 12.1 Å².